The standard InChI is InChI=1S/C14H19N5O/c1-14(2,3)20-9-16-13-18-11(17-12(15)19-13)10-7-5-4-6-8-10/h4-8H,9H2,1-3H3,(H3,15,16,17,18,19). The Balaban J connectivity index is 2.13. The van der Waals surface area contributed by atoms with Gasteiger partial charge in [-0.3, -0.25) is 0 Å². The number of nitrogen functional groups attached to an aromatic ring is 1. The second-order valence-electron chi connectivity index (χ2n) is 5.28. The molecule has 1 aromatic heterocycles. The SMILES string of the molecule is CC(C)(C)OCNc1nc(N)nc(-c2ccccc2)n1. The number of anilines is 2. The minimum atomic E-state index is -0.228. The molecule has 20 heavy (non-hydrogen) atoms. The number of nitrogens with zero attached hydrogens (tertiary/aromatic N) is 3. The number of rotatable bonds is 4. The third-order valence-electron chi connectivity index (χ3n) is 2.42. The smallest absolute Gasteiger partial charge is 0.229 e. The van der Waals surface area contributed by atoms with Gasteiger partial charge in [-0.25, -0.2) is 0 Å². The van der Waals surface area contributed by atoms with Gasteiger partial charge in [0, 0.05) is 5.56 Å². The van der Waals surface area contributed by atoms with Gasteiger partial charge in [0.25, 0.3) is 0 Å². The van der Waals surface area contributed by atoms with Gasteiger partial charge in [0.05, 0.1) is 5.60 Å². The van der Waals surface area contributed by atoms with Crippen LogP contribution in [0.25, 0.3) is 11.4 Å². The fourth-order valence-electron chi connectivity index (χ4n) is 1.50. The summed E-state index contributed by atoms with van der Waals surface area (Å²) in [5.74, 6) is 1.12. The molecule has 0 unspecified atom stereocenters. The van der Waals surface area contributed by atoms with Crippen LogP contribution in [-0.4, -0.2) is 27.3 Å². The molecule has 1 heterocycles. The van der Waals surface area contributed by atoms with Crippen LogP contribution in [0, 0.1) is 0 Å². The Morgan fingerprint density at radius 2 is 1.80 bits per heavy atom. The second kappa shape index (κ2) is 5.83. The Morgan fingerprint density at radius 1 is 1.10 bits per heavy atom. The van der Waals surface area contributed by atoms with Gasteiger partial charge in [-0.2, -0.15) is 15.0 Å². The molecule has 0 atom stereocenters. The number of aromatic nitrogens is 3. The number of nitrogens with two attached hydrogens (primary N) is 1. The molecule has 106 valence electrons. The van der Waals surface area contributed by atoms with Crippen LogP contribution < -0.4 is 11.1 Å². The van der Waals surface area contributed by atoms with Crippen LogP contribution in [0.1, 0.15) is 20.8 Å². The minimum absolute atomic E-state index is 0.178. The molecule has 3 N–H and O–H groups in total. The summed E-state index contributed by atoms with van der Waals surface area (Å²) in [5.41, 5.74) is 6.37. The van der Waals surface area contributed by atoms with E-state index < -0.39 is 0 Å². The van der Waals surface area contributed by atoms with E-state index in [1.54, 1.807) is 0 Å². The Kier molecular flexibility index (Phi) is 4.14. The largest absolute Gasteiger partial charge is 0.368 e. The van der Waals surface area contributed by atoms with Crippen molar-refractivity contribution in [3.8, 4) is 11.4 Å². The zero-order chi connectivity index (χ0) is 14.6. The second-order valence-corrected chi connectivity index (χ2v) is 5.28. The van der Waals surface area contributed by atoms with E-state index >= 15 is 0 Å². The van der Waals surface area contributed by atoms with Crippen molar-refractivity contribution in [3.63, 3.8) is 0 Å². The average Bonchev–Trinajstić information content (AvgIpc) is 2.37. The quantitative estimate of drug-likeness (QED) is 0.831. The third-order valence-corrected chi connectivity index (χ3v) is 2.42. The number of hydrogen-bond donors (Lipinski definition) is 2. The topological polar surface area (TPSA) is 86.0 Å². The van der Waals surface area contributed by atoms with E-state index in [0.29, 0.717) is 18.5 Å². The molecule has 0 saturated carbocycles. The Morgan fingerprint density at radius 3 is 2.45 bits per heavy atom. The van der Waals surface area contributed by atoms with Gasteiger partial charge < -0.3 is 15.8 Å². The lowest BCUT2D eigenvalue weighted by Gasteiger charge is -2.19. The molecule has 0 saturated heterocycles. The minimum Gasteiger partial charge on any atom is -0.368 e. The van der Waals surface area contributed by atoms with E-state index in [1.165, 1.54) is 0 Å². The van der Waals surface area contributed by atoms with Gasteiger partial charge in [-0.15, -0.1) is 0 Å². The van der Waals surface area contributed by atoms with Crippen molar-refractivity contribution < 1.29 is 4.74 Å². The van der Waals surface area contributed by atoms with E-state index in [-0.39, 0.29) is 11.5 Å². The molecule has 6 nitrogen and oxygen atoms in total. The third kappa shape index (κ3) is 4.17. The van der Waals surface area contributed by atoms with Crippen molar-refractivity contribution in [2.75, 3.05) is 17.8 Å². The van der Waals surface area contributed by atoms with Gasteiger partial charge in [0.1, 0.15) is 6.73 Å². The van der Waals surface area contributed by atoms with Crippen LogP contribution >= 0.6 is 0 Å². The van der Waals surface area contributed by atoms with Crippen molar-refractivity contribution in [3.05, 3.63) is 30.3 Å². The lowest BCUT2D eigenvalue weighted by atomic mass is 10.2. The van der Waals surface area contributed by atoms with Crippen molar-refractivity contribution >= 4 is 11.9 Å². The van der Waals surface area contributed by atoms with E-state index in [9.17, 15) is 0 Å². The fraction of sp³-hybridized carbons (Fsp3) is 0.357. The first-order valence-electron chi connectivity index (χ1n) is 6.39. The predicted octanol–water partition coefficient (Wildman–Crippen LogP) is 2.31. The summed E-state index contributed by atoms with van der Waals surface area (Å²) in [4.78, 5) is 12.5. The highest BCUT2D eigenvalue weighted by Crippen LogP contribution is 2.16. The summed E-state index contributed by atoms with van der Waals surface area (Å²) in [6, 6.07) is 9.62. The molecular formula is C14H19N5O. The summed E-state index contributed by atoms with van der Waals surface area (Å²) in [6.45, 7) is 6.24. The number of benzene rings is 1. The van der Waals surface area contributed by atoms with Crippen LogP contribution in [0.2, 0.25) is 0 Å². The highest BCUT2D eigenvalue weighted by Gasteiger charge is 2.11. The van der Waals surface area contributed by atoms with Crippen molar-refractivity contribution in [1.82, 2.24) is 15.0 Å². The van der Waals surface area contributed by atoms with E-state index in [0.717, 1.165) is 5.56 Å². The van der Waals surface area contributed by atoms with Gasteiger partial charge in [0.2, 0.25) is 11.9 Å². The van der Waals surface area contributed by atoms with Crippen molar-refractivity contribution in [2.24, 2.45) is 0 Å². The molecule has 0 fully saturated rings. The summed E-state index contributed by atoms with van der Waals surface area (Å²) in [6.07, 6.45) is 0. The van der Waals surface area contributed by atoms with Crippen LogP contribution in [0.3, 0.4) is 0 Å². The first kappa shape index (κ1) is 14.2. The number of ether oxygens (including phenoxy) is 1. The maximum Gasteiger partial charge on any atom is 0.229 e. The van der Waals surface area contributed by atoms with Gasteiger partial charge in [-0.1, -0.05) is 30.3 Å². The van der Waals surface area contributed by atoms with Gasteiger partial charge in [-0.05, 0) is 20.8 Å². The highest BCUT2D eigenvalue weighted by atomic mass is 16.5. The molecule has 0 radical (unpaired) electrons. The summed E-state index contributed by atoms with van der Waals surface area (Å²) in [5, 5.41) is 2.99. The monoisotopic (exact) mass is 273 g/mol. The first-order chi connectivity index (χ1) is 9.44. The fourth-order valence-corrected chi connectivity index (χ4v) is 1.50. The average molecular weight is 273 g/mol. The molecule has 0 aliphatic rings. The molecule has 1 aromatic carbocycles. The van der Waals surface area contributed by atoms with Crippen molar-refractivity contribution in [1.29, 1.82) is 0 Å². The Labute approximate surface area is 118 Å². The van der Waals surface area contributed by atoms with Gasteiger partial charge in [0.15, 0.2) is 5.82 Å². The molecule has 0 aliphatic carbocycles. The zero-order valence-electron chi connectivity index (χ0n) is 11.9. The maximum atomic E-state index is 5.71. The first-order valence-corrected chi connectivity index (χ1v) is 6.39. The maximum absolute atomic E-state index is 5.71. The van der Waals surface area contributed by atoms with Crippen LogP contribution in [0.5, 0.6) is 0 Å². The molecular weight excluding hydrogens is 254 g/mol. The van der Waals surface area contributed by atoms with Crippen molar-refractivity contribution in [2.45, 2.75) is 26.4 Å². The zero-order valence-corrected chi connectivity index (χ0v) is 11.9. The molecule has 0 amide bonds. The van der Waals surface area contributed by atoms with E-state index in [2.05, 4.69) is 20.3 Å². The number of hydrogen-bond acceptors (Lipinski definition) is 6. The normalized spacial score (nSPS) is 11.3. The molecule has 0 bridgehead atoms. The van der Waals surface area contributed by atoms with Crippen LogP contribution in [0.15, 0.2) is 30.3 Å². The molecule has 0 aliphatic heterocycles. The summed E-state index contributed by atoms with van der Waals surface area (Å²) in [7, 11) is 0. The number of nitrogens with one attached hydrogen (secondary N) is 1. The summed E-state index contributed by atoms with van der Waals surface area (Å²) >= 11 is 0. The Hall–Kier alpha value is -2.21. The summed E-state index contributed by atoms with van der Waals surface area (Å²) < 4.78 is 5.57. The Bertz CT molecular complexity index is 566. The van der Waals surface area contributed by atoms with Crippen LogP contribution in [-0.2, 0) is 4.74 Å². The lowest BCUT2D eigenvalue weighted by Crippen LogP contribution is -2.23. The lowest BCUT2D eigenvalue weighted by molar-refractivity contribution is 0.00821. The van der Waals surface area contributed by atoms with Crippen LogP contribution in [0.4, 0.5) is 11.9 Å². The molecule has 6 heteroatoms. The predicted molar refractivity (Wildman–Crippen MR) is 79.0 cm³/mol. The molecule has 0 spiro atoms. The molecule has 2 aromatic rings. The van der Waals surface area contributed by atoms with E-state index in [1.807, 2.05) is 51.1 Å². The van der Waals surface area contributed by atoms with Gasteiger partial charge >= 0.3 is 0 Å². The molecule has 2 rings (SSSR count). The van der Waals surface area contributed by atoms with E-state index in [4.69, 9.17) is 10.5 Å². The highest BCUT2D eigenvalue weighted by molar-refractivity contribution is 5.57.